The van der Waals surface area contributed by atoms with E-state index < -0.39 is 5.79 Å². The van der Waals surface area contributed by atoms with Gasteiger partial charge in [0.05, 0.1) is 0 Å². The molecule has 1 unspecified atom stereocenters. The molecule has 0 saturated carbocycles. The third-order valence-electron chi connectivity index (χ3n) is 1.22. The number of rotatable bonds is 1. The van der Waals surface area contributed by atoms with Crippen LogP contribution in [0.25, 0.3) is 0 Å². The van der Waals surface area contributed by atoms with Gasteiger partial charge in [0.25, 0.3) is 0 Å². The average molecular weight is 179 g/mol. The van der Waals surface area contributed by atoms with E-state index in [1.165, 1.54) is 0 Å². The second kappa shape index (κ2) is 3.77. The summed E-state index contributed by atoms with van der Waals surface area (Å²) < 4.78 is 10.5. The first-order valence-electron chi connectivity index (χ1n) is 3.12. The van der Waals surface area contributed by atoms with Crippen molar-refractivity contribution in [2.75, 3.05) is 0 Å². The Hall–Kier alpha value is 0.504. The molecule has 1 heterocycles. The van der Waals surface area contributed by atoms with Crippen molar-refractivity contribution in [3.8, 4) is 0 Å². The van der Waals surface area contributed by atoms with Crippen LogP contribution in [0.3, 0.4) is 0 Å². The standard InChI is InChI=1S/C7H12O2.V/c1-4-6-5-8-7(2,3)9-6;/h5-6H,1,4H2,2-3H3;/q-2;+2. The maximum Gasteiger partial charge on any atom is 2.00 e. The summed E-state index contributed by atoms with van der Waals surface area (Å²) in [6.07, 6.45) is 0.823. The van der Waals surface area contributed by atoms with Crippen LogP contribution >= 0.6 is 0 Å². The van der Waals surface area contributed by atoms with Crippen molar-refractivity contribution < 1.29 is 28.0 Å². The van der Waals surface area contributed by atoms with Crippen molar-refractivity contribution in [3.63, 3.8) is 0 Å². The van der Waals surface area contributed by atoms with E-state index >= 15 is 0 Å². The van der Waals surface area contributed by atoms with Gasteiger partial charge in [-0.05, 0) is 13.8 Å². The van der Waals surface area contributed by atoms with E-state index in [0.29, 0.717) is 0 Å². The van der Waals surface area contributed by atoms with E-state index in [4.69, 9.17) is 9.47 Å². The number of hydrogen-bond donors (Lipinski definition) is 0. The molecule has 57 valence electrons. The minimum absolute atomic E-state index is 0. The van der Waals surface area contributed by atoms with Gasteiger partial charge in [-0.15, -0.1) is 0 Å². The summed E-state index contributed by atoms with van der Waals surface area (Å²) in [5.41, 5.74) is 0. The summed E-state index contributed by atoms with van der Waals surface area (Å²) in [5.74, 6) is -0.428. The van der Waals surface area contributed by atoms with Gasteiger partial charge in [0, 0.05) is 0 Å². The van der Waals surface area contributed by atoms with Crippen LogP contribution in [0.15, 0.2) is 0 Å². The molecule has 10 heavy (non-hydrogen) atoms. The van der Waals surface area contributed by atoms with E-state index in [1.807, 2.05) is 13.8 Å². The van der Waals surface area contributed by atoms with Crippen LogP contribution in [0.2, 0.25) is 0 Å². The molecule has 1 atom stereocenters. The largest absolute Gasteiger partial charge is 2.00 e. The molecule has 0 bridgehead atoms. The molecule has 0 aromatic carbocycles. The molecular weight excluding hydrogens is 167 g/mol. The topological polar surface area (TPSA) is 18.5 Å². The Labute approximate surface area is 74.2 Å². The maximum absolute atomic E-state index is 5.36. The van der Waals surface area contributed by atoms with E-state index in [-0.39, 0.29) is 24.7 Å². The third kappa shape index (κ3) is 2.63. The summed E-state index contributed by atoms with van der Waals surface area (Å²) in [7, 11) is 0. The van der Waals surface area contributed by atoms with Crippen molar-refractivity contribution in [2.24, 2.45) is 0 Å². The zero-order valence-corrected chi connectivity index (χ0v) is 7.73. The Morgan fingerprint density at radius 3 is 2.40 bits per heavy atom. The minimum Gasteiger partial charge on any atom is -0.525 e. The van der Waals surface area contributed by atoms with Crippen LogP contribution in [0.1, 0.15) is 20.3 Å². The number of ether oxygens (including phenoxy) is 2. The quantitative estimate of drug-likeness (QED) is 0.568. The van der Waals surface area contributed by atoms with Crippen molar-refractivity contribution >= 4 is 0 Å². The molecule has 1 radical (unpaired) electrons. The van der Waals surface area contributed by atoms with Gasteiger partial charge in [0.2, 0.25) is 0 Å². The van der Waals surface area contributed by atoms with Crippen LogP contribution in [-0.4, -0.2) is 11.9 Å². The first kappa shape index (κ1) is 10.5. The number of hydrogen-bond acceptors (Lipinski definition) is 2. The molecule has 0 aliphatic carbocycles. The summed E-state index contributed by atoms with van der Waals surface area (Å²) in [6.45, 7) is 9.17. The fourth-order valence-corrected chi connectivity index (χ4v) is 0.787. The third-order valence-corrected chi connectivity index (χ3v) is 1.22. The van der Waals surface area contributed by atoms with Gasteiger partial charge < -0.3 is 16.4 Å². The monoisotopic (exact) mass is 179 g/mol. The second-order valence-corrected chi connectivity index (χ2v) is 2.60. The Morgan fingerprint density at radius 2 is 2.20 bits per heavy atom. The molecule has 0 aromatic heterocycles. The second-order valence-electron chi connectivity index (χ2n) is 2.60. The Bertz CT molecular complexity index is 104. The van der Waals surface area contributed by atoms with Gasteiger partial charge in [-0.25, -0.2) is 0 Å². The van der Waals surface area contributed by atoms with Crippen LogP contribution in [0, 0.1) is 13.5 Å². The molecule has 0 spiro atoms. The zero-order chi connectivity index (χ0) is 6.91. The zero-order valence-electron chi connectivity index (χ0n) is 6.33. The molecule has 1 rings (SSSR count). The smallest absolute Gasteiger partial charge is 0.525 e. The maximum atomic E-state index is 5.36. The van der Waals surface area contributed by atoms with Crippen LogP contribution < -0.4 is 0 Å². The van der Waals surface area contributed by atoms with Crippen LogP contribution in [0.4, 0.5) is 0 Å². The molecular formula is C7H12O2V. The SMILES string of the molecule is [CH2-]CC1[CH-]OC(C)(C)O1.[V+2]. The molecule has 1 aliphatic rings. The summed E-state index contributed by atoms with van der Waals surface area (Å²) in [5, 5.41) is 0. The predicted molar refractivity (Wildman–Crippen MR) is 34.3 cm³/mol. The fourth-order valence-electron chi connectivity index (χ4n) is 0.787. The Balaban J connectivity index is 0.000000810. The van der Waals surface area contributed by atoms with Gasteiger partial charge >= 0.3 is 18.6 Å². The first-order chi connectivity index (χ1) is 4.14. The van der Waals surface area contributed by atoms with Gasteiger partial charge in [-0.3, -0.25) is 0 Å². The van der Waals surface area contributed by atoms with Gasteiger partial charge in [0.15, 0.2) is 0 Å². The van der Waals surface area contributed by atoms with E-state index in [2.05, 4.69) is 6.92 Å². The predicted octanol–water partition coefficient (Wildman–Crippen LogP) is 1.52. The fraction of sp³-hybridized carbons (Fsp3) is 0.714. The van der Waals surface area contributed by atoms with Crippen LogP contribution in [0.5, 0.6) is 0 Å². The average Bonchev–Trinajstić information content (AvgIpc) is 2.10. The Morgan fingerprint density at radius 1 is 1.60 bits per heavy atom. The molecule has 1 fully saturated rings. The van der Waals surface area contributed by atoms with Crippen molar-refractivity contribution in [2.45, 2.75) is 32.2 Å². The van der Waals surface area contributed by atoms with Gasteiger partial charge in [-0.2, -0.15) is 13.0 Å². The van der Waals surface area contributed by atoms with Crippen molar-refractivity contribution in [1.29, 1.82) is 0 Å². The van der Waals surface area contributed by atoms with E-state index in [0.717, 1.165) is 6.42 Å². The molecule has 1 aliphatic heterocycles. The molecule has 0 aromatic rings. The molecule has 0 N–H and O–H groups in total. The van der Waals surface area contributed by atoms with E-state index in [9.17, 15) is 0 Å². The summed E-state index contributed by atoms with van der Waals surface area (Å²) in [6, 6.07) is 0. The molecule has 3 heteroatoms. The van der Waals surface area contributed by atoms with E-state index in [1.54, 1.807) is 6.61 Å². The first-order valence-corrected chi connectivity index (χ1v) is 3.12. The molecule has 2 nitrogen and oxygen atoms in total. The normalized spacial score (nSPS) is 29.7. The van der Waals surface area contributed by atoms with Crippen molar-refractivity contribution in [1.82, 2.24) is 0 Å². The van der Waals surface area contributed by atoms with Gasteiger partial charge in [0.1, 0.15) is 5.79 Å². The van der Waals surface area contributed by atoms with Gasteiger partial charge in [-0.1, -0.05) is 6.10 Å². The molecule has 0 amide bonds. The summed E-state index contributed by atoms with van der Waals surface area (Å²) >= 11 is 0. The minimum atomic E-state index is -0.428. The van der Waals surface area contributed by atoms with Crippen LogP contribution in [-0.2, 0) is 28.0 Å². The summed E-state index contributed by atoms with van der Waals surface area (Å²) in [4.78, 5) is 0. The molecule has 1 saturated heterocycles. The Kier molecular flexibility index (Phi) is 3.96. The van der Waals surface area contributed by atoms with Crippen molar-refractivity contribution in [3.05, 3.63) is 13.5 Å².